The lowest BCUT2D eigenvalue weighted by molar-refractivity contribution is -0.119. The molecule has 2 aromatic heterocycles. The Kier molecular flexibility index (Phi) is 7.98. The number of rotatable bonds is 9. The van der Waals surface area contributed by atoms with Gasteiger partial charge in [0.2, 0.25) is 5.91 Å². The summed E-state index contributed by atoms with van der Waals surface area (Å²) in [6.07, 6.45) is 9.77. The first-order valence-corrected chi connectivity index (χ1v) is 12.4. The smallest absolute Gasteiger partial charge is 0.270 e. The molecule has 4 rings (SSSR count). The largest absolute Gasteiger partial charge is 0.339 e. The molecule has 190 valence electrons. The summed E-state index contributed by atoms with van der Waals surface area (Å²) in [4.78, 5) is 26.8. The molecule has 0 radical (unpaired) electrons. The van der Waals surface area contributed by atoms with Gasteiger partial charge in [0.15, 0.2) is 0 Å². The summed E-state index contributed by atoms with van der Waals surface area (Å²) in [5, 5.41) is 26.4. The first kappa shape index (κ1) is 25.6. The van der Waals surface area contributed by atoms with Crippen LogP contribution in [0.15, 0.2) is 61.8 Å². The van der Waals surface area contributed by atoms with E-state index in [0.717, 1.165) is 48.9 Å². The van der Waals surface area contributed by atoms with Crippen molar-refractivity contribution in [3.8, 4) is 17.2 Å². The van der Waals surface area contributed by atoms with Gasteiger partial charge in [-0.2, -0.15) is 15.5 Å². The number of nitrogens with zero attached hydrogens (tertiary/aromatic N) is 4. The highest BCUT2D eigenvalue weighted by Gasteiger charge is 2.32. The van der Waals surface area contributed by atoms with Crippen LogP contribution in [0.2, 0.25) is 0 Å². The van der Waals surface area contributed by atoms with E-state index in [0.29, 0.717) is 17.1 Å². The fourth-order valence-corrected chi connectivity index (χ4v) is 4.91. The highest BCUT2D eigenvalue weighted by Crippen LogP contribution is 2.29. The third-order valence-corrected chi connectivity index (χ3v) is 6.86. The van der Waals surface area contributed by atoms with Crippen molar-refractivity contribution in [3.63, 3.8) is 0 Å². The zero-order chi connectivity index (χ0) is 26.4. The molecule has 1 aromatic carbocycles. The topological polar surface area (TPSA) is 128 Å². The molecule has 1 atom stereocenters. The Hall–Kier alpha value is -4.45. The lowest BCUT2D eigenvalue weighted by Crippen LogP contribution is -2.49. The Morgan fingerprint density at radius 2 is 1.86 bits per heavy atom. The van der Waals surface area contributed by atoms with Crippen molar-refractivity contribution in [1.29, 1.82) is 5.26 Å². The van der Waals surface area contributed by atoms with Crippen LogP contribution < -0.4 is 10.6 Å². The maximum Gasteiger partial charge on any atom is 0.270 e. The summed E-state index contributed by atoms with van der Waals surface area (Å²) in [6, 6.07) is 9.96. The molecule has 1 aliphatic carbocycles. The van der Waals surface area contributed by atoms with Crippen LogP contribution in [-0.4, -0.2) is 37.8 Å². The van der Waals surface area contributed by atoms with Crippen LogP contribution in [0.4, 0.5) is 5.69 Å². The van der Waals surface area contributed by atoms with Gasteiger partial charge in [0, 0.05) is 17.4 Å². The van der Waals surface area contributed by atoms with Gasteiger partial charge in [-0.15, -0.1) is 13.2 Å². The standard InChI is InChI=1S/C28H31N7O2/c1-4-22(5-2)35-24(15-16-30-35)27(36)32-26(20-9-7-6-8-10-20)28(37)31-21-13-11-19(12-14-21)25-18(3)33-34-23(25)17-29/h4-5,11-16,20,22,26H,1-2,6-10H2,3H3,(H,31,37)(H,32,36)(H,33,34)/t26-/m0/s1. The molecule has 0 bridgehead atoms. The predicted octanol–water partition coefficient (Wildman–Crippen LogP) is 4.68. The summed E-state index contributed by atoms with van der Waals surface area (Å²) < 4.78 is 1.54. The maximum atomic E-state index is 13.5. The molecule has 0 unspecified atom stereocenters. The third kappa shape index (κ3) is 5.54. The van der Waals surface area contributed by atoms with Crippen LogP contribution in [0.5, 0.6) is 0 Å². The van der Waals surface area contributed by atoms with E-state index in [-0.39, 0.29) is 23.8 Å². The number of benzene rings is 1. The molecule has 0 saturated heterocycles. The number of nitrogens with one attached hydrogen (secondary N) is 3. The molecule has 0 aliphatic heterocycles. The Bertz CT molecular complexity index is 1320. The molecular formula is C28H31N7O2. The van der Waals surface area contributed by atoms with E-state index in [9.17, 15) is 14.9 Å². The fraction of sp³-hybridized carbons (Fsp3) is 0.321. The number of carbonyl (C=O) groups is 2. The molecule has 3 aromatic rings. The number of amides is 2. The number of hydrogen-bond donors (Lipinski definition) is 3. The van der Waals surface area contributed by atoms with E-state index in [2.05, 4.69) is 45.2 Å². The van der Waals surface area contributed by atoms with Crippen molar-refractivity contribution in [2.45, 2.75) is 51.1 Å². The van der Waals surface area contributed by atoms with Gasteiger partial charge in [-0.3, -0.25) is 14.7 Å². The number of allylic oxidation sites excluding steroid dienone is 2. The van der Waals surface area contributed by atoms with Gasteiger partial charge in [-0.1, -0.05) is 43.5 Å². The minimum Gasteiger partial charge on any atom is -0.339 e. The van der Waals surface area contributed by atoms with E-state index >= 15 is 0 Å². The van der Waals surface area contributed by atoms with Gasteiger partial charge in [0.1, 0.15) is 23.5 Å². The lowest BCUT2D eigenvalue weighted by Gasteiger charge is -2.30. The second kappa shape index (κ2) is 11.5. The molecule has 9 heteroatoms. The van der Waals surface area contributed by atoms with Gasteiger partial charge >= 0.3 is 0 Å². The maximum absolute atomic E-state index is 13.5. The zero-order valence-corrected chi connectivity index (χ0v) is 20.9. The minimum absolute atomic E-state index is 0.0368. The highest BCUT2D eigenvalue weighted by molar-refractivity contribution is 6.00. The van der Waals surface area contributed by atoms with Crippen LogP contribution in [0.25, 0.3) is 11.1 Å². The van der Waals surface area contributed by atoms with Crippen LogP contribution in [0.3, 0.4) is 0 Å². The fourth-order valence-electron chi connectivity index (χ4n) is 4.91. The number of hydrogen-bond acceptors (Lipinski definition) is 5. The number of nitriles is 1. The van der Waals surface area contributed by atoms with E-state index in [1.54, 1.807) is 36.5 Å². The molecular weight excluding hydrogens is 466 g/mol. The number of anilines is 1. The lowest BCUT2D eigenvalue weighted by atomic mass is 9.83. The van der Waals surface area contributed by atoms with Gasteiger partial charge in [-0.25, -0.2) is 4.68 Å². The number of H-pyrrole nitrogens is 1. The van der Waals surface area contributed by atoms with Crippen LogP contribution in [0, 0.1) is 24.2 Å². The van der Waals surface area contributed by atoms with Crippen molar-refractivity contribution in [2.24, 2.45) is 5.92 Å². The Labute approximate surface area is 216 Å². The molecule has 3 N–H and O–H groups in total. The summed E-state index contributed by atoms with van der Waals surface area (Å²) in [6.45, 7) is 9.40. The molecule has 0 spiro atoms. The quantitative estimate of drug-likeness (QED) is 0.370. The summed E-state index contributed by atoms with van der Waals surface area (Å²) in [7, 11) is 0. The SMILES string of the molecule is C=CC(C=C)n1nccc1C(=O)N[C@H](C(=O)Nc1ccc(-c2c(C)n[nH]c2C#N)cc1)C1CCCCC1. The first-order valence-electron chi connectivity index (χ1n) is 12.4. The number of aromatic amines is 1. The predicted molar refractivity (Wildman–Crippen MR) is 142 cm³/mol. The van der Waals surface area contributed by atoms with Crippen molar-refractivity contribution >= 4 is 17.5 Å². The molecule has 2 amide bonds. The van der Waals surface area contributed by atoms with E-state index < -0.39 is 6.04 Å². The van der Waals surface area contributed by atoms with E-state index in [4.69, 9.17) is 0 Å². The normalized spacial score (nSPS) is 14.5. The number of aromatic nitrogens is 4. The van der Waals surface area contributed by atoms with E-state index in [1.807, 2.05) is 19.1 Å². The van der Waals surface area contributed by atoms with Crippen molar-refractivity contribution in [1.82, 2.24) is 25.3 Å². The van der Waals surface area contributed by atoms with Gasteiger partial charge in [0.25, 0.3) is 5.91 Å². The minimum atomic E-state index is -0.692. The van der Waals surface area contributed by atoms with Crippen LogP contribution in [-0.2, 0) is 4.79 Å². The summed E-state index contributed by atoms with van der Waals surface area (Å²) in [5.74, 6) is -0.596. The average Bonchev–Trinajstić information content (AvgIpc) is 3.56. The van der Waals surface area contributed by atoms with Crippen molar-refractivity contribution in [2.75, 3.05) is 5.32 Å². The second-order valence-corrected chi connectivity index (χ2v) is 9.21. The third-order valence-electron chi connectivity index (χ3n) is 6.86. The summed E-state index contributed by atoms with van der Waals surface area (Å²) >= 11 is 0. The average molecular weight is 498 g/mol. The highest BCUT2D eigenvalue weighted by atomic mass is 16.2. The number of carbonyl (C=O) groups excluding carboxylic acids is 2. The monoisotopic (exact) mass is 497 g/mol. The van der Waals surface area contributed by atoms with Crippen molar-refractivity contribution in [3.05, 3.63) is 78.9 Å². The zero-order valence-electron chi connectivity index (χ0n) is 20.9. The molecule has 37 heavy (non-hydrogen) atoms. The summed E-state index contributed by atoms with van der Waals surface area (Å²) in [5.41, 5.74) is 3.62. The van der Waals surface area contributed by atoms with Gasteiger partial charge < -0.3 is 10.6 Å². The molecule has 9 nitrogen and oxygen atoms in total. The first-order chi connectivity index (χ1) is 18.0. The molecule has 1 aliphatic rings. The number of aryl methyl sites for hydroxylation is 1. The van der Waals surface area contributed by atoms with Gasteiger partial charge in [0.05, 0.1) is 11.7 Å². The second-order valence-electron chi connectivity index (χ2n) is 9.21. The van der Waals surface area contributed by atoms with Crippen molar-refractivity contribution < 1.29 is 9.59 Å². The van der Waals surface area contributed by atoms with Gasteiger partial charge in [-0.05, 0) is 49.4 Å². The Balaban J connectivity index is 1.53. The van der Waals surface area contributed by atoms with Crippen LogP contribution in [0.1, 0.15) is 60.0 Å². The molecule has 2 heterocycles. The molecule has 1 saturated carbocycles. The Morgan fingerprint density at radius 3 is 2.51 bits per heavy atom. The van der Waals surface area contributed by atoms with E-state index in [1.165, 1.54) is 4.68 Å². The Morgan fingerprint density at radius 1 is 1.16 bits per heavy atom. The molecule has 1 fully saturated rings. The van der Waals surface area contributed by atoms with Crippen LogP contribution >= 0.6 is 0 Å².